The van der Waals surface area contributed by atoms with Crippen molar-refractivity contribution in [3.05, 3.63) is 126 Å². The number of hydrogen-bond acceptors (Lipinski definition) is 2. The van der Waals surface area contributed by atoms with E-state index >= 15 is 0 Å². The molecule has 0 radical (unpaired) electrons. The standard InChI is InChI=1S/C29H24O2Si/c1-31-26-21-17-24(18-22-26)14-13-23-15-19-25(20-16-23)29(30)32(2,27-9-5-3-6-10-27)28-11-7-4-8-12-28/h3-12,15-22H,1-2H3. The van der Waals surface area contributed by atoms with E-state index in [1.54, 1.807) is 7.11 Å². The number of benzene rings is 4. The maximum absolute atomic E-state index is 13.8. The molecule has 4 aromatic rings. The molecule has 0 aliphatic carbocycles. The monoisotopic (exact) mass is 432 g/mol. The van der Waals surface area contributed by atoms with E-state index in [1.165, 1.54) is 0 Å². The topological polar surface area (TPSA) is 26.3 Å². The molecular weight excluding hydrogens is 408 g/mol. The van der Waals surface area contributed by atoms with E-state index in [1.807, 2.05) is 84.9 Å². The molecule has 0 fully saturated rings. The Balaban J connectivity index is 1.64. The van der Waals surface area contributed by atoms with Crippen LogP contribution in [0.5, 0.6) is 5.75 Å². The molecule has 0 amide bonds. The van der Waals surface area contributed by atoms with Crippen molar-refractivity contribution in [2.24, 2.45) is 0 Å². The summed E-state index contributed by atoms with van der Waals surface area (Å²) in [7, 11) is -0.984. The van der Waals surface area contributed by atoms with Crippen molar-refractivity contribution < 1.29 is 9.53 Å². The zero-order valence-electron chi connectivity index (χ0n) is 18.2. The van der Waals surface area contributed by atoms with Gasteiger partial charge in [-0.1, -0.05) is 91.2 Å². The lowest BCUT2D eigenvalue weighted by atomic mass is 10.1. The molecule has 156 valence electrons. The first-order valence-electron chi connectivity index (χ1n) is 10.5. The van der Waals surface area contributed by atoms with Crippen LogP contribution in [0.25, 0.3) is 0 Å². The molecule has 32 heavy (non-hydrogen) atoms. The maximum atomic E-state index is 13.8. The van der Waals surface area contributed by atoms with Crippen molar-refractivity contribution in [3.63, 3.8) is 0 Å². The predicted octanol–water partition coefficient (Wildman–Crippen LogP) is 4.71. The van der Waals surface area contributed by atoms with Crippen molar-refractivity contribution in [1.29, 1.82) is 0 Å². The van der Waals surface area contributed by atoms with Gasteiger partial charge in [-0.15, -0.1) is 0 Å². The Morgan fingerprint density at radius 2 is 1.09 bits per heavy atom. The van der Waals surface area contributed by atoms with Crippen LogP contribution < -0.4 is 15.1 Å². The van der Waals surface area contributed by atoms with E-state index in [0.717, 1.165) is 32.8 Å². The summed E-state index contributed by atoms with van der Waals surface area (Å²) < 4.78 is 5.18. The summed E-state index contributed by atoms with van der Waals surface area (Å²) in [5.41, 5.74) is 2.51. The highest BCUT2D eigenvalue weighted by Crippen LogP contribution is 2.15. The molecule has 0 saturated carbocycles. The fourth-order valence-electron chi connectivity index (χ4n) is 3.78. The Hall–Kier alpha value is -3.87. The lowest BCUT2D eigenvalue weighted by Crippen LogP contribution is -2.62. The van der Waals surface area contributed by atoms with Crippen LogP contribution in [-0.4, -0.2) is 20.6 Å². The van der Waals surface area contributed by atoms with Crippen molar-refractivity contribution in [2.75, 3.05) is 7.11 Å². The first kappa shape index (κ1) is 21.4. The number of rotatable bonds is 5. The SMILES string of the molecule is COc1ccc(C#Cc2ccc(C(=O)[Si](C)(c3ccccc3)c3ccccc3)cc2)cc1. The van der Waals surface area contributed by atoms with Gasteiger partial charge in [0.15, 0.2) is 13.5 Å². The Kier molecular flexibility index (Phi) is 6.35. The molecule has 0 unspecified atom stereocenters. The van der Waals surface area contributed by atoms with Crippen LogP contribution >= 0.6 is 0 Å². The second-order valence-electron chi connectivity index (χ2n) is 7.74. The summed E-state index contributed by atoms with van der Waals surface area (Å²) in [4.78, 5) is 13.8. The molecule has 3 heteroatoms. The van der Waals surface area contributed by atoms with Crippen molar-refractivity contribution in [2.45, 2.75) is 6.55 Å². The highest BCUT2D eigenvalue weighted by atomic mass is 28.3. The van der Waals surface area contributed by atoms with Crippen LogP contribution in [-0.2, 0) is 0 Å². The molecule has 2 nitrogen and oxygen atoms in total. The number of hydrogen-bond donors (Lipinski definition) is 0. The molecule has 0 heterocycles. The van der Waals surface area contributed by atoms with Gasteiger partial charge in [-0.25, -0.2) is 0 Å². The average molecular weight is 433 g/mol. The zero-order valence-corrected chi connectivity index (χ0v) is 19.2. The summed E-state index contributed by atoms with van der Waals surface area (Å²) in [6.45, 7) is 2.14. The molecule has 0 bridgehead atoms. The Morgan fingerprint density at radius 1 is 0.656 bits per heavy atom. The quantitative estimate of drug-likeness (QED) is 0.337. The van der Waals surface area contributed by atoms with Gasteiger partial charge in [0.1, 0.15) is 5.75 Å². The molecular formula is C29H24O2Si. The average Bonchev–Trinajstić information content (AvgIpc) is 2.88. The summed E-state index contributed by atoms with van der Waals surface area (Å²) in [5, 5.41) is 2.42. The lowest BCUT2D eigenvalue weighted by molar-refractivity contribution is 0.107. The van der Waals surface area contributed by atoms with Crippen LogP contribution in [0.15, 0.2) is 109 Å². The zero-order chi connectivity index (χ0) is 22.4. The second kappa shape index (κ2) is 9.51. The van der Waals surface area contributed by atoms with Gasteiger partial charge >= 0.3 is 0 Å². The smallest absolute Gasteiger partial charge is 0.196 e. The molecule has 0 N–H and O–H groups in total. The van der Waals surface area contributed by atoms with E-state index in [0.29, 0.717) is 0 Å². The first-order valence-corrected chi connectivity index (χ1v) is 13.0. The van der Waals surface area contributed by atoms with E-state index < -0.39 is 8.07 Å². The summed E-state index contributed by atoms with van der Waals surface area (Å²) in [6.07, 6.45) is 0. The summed E-state index contributed by atoms with van der Waals surface area (Å²) in [6, 6.07) is 35.6. The maximum Gasteiger partial charge on any atom is 0.196 e. The number of carbonyl (C=O) groups is 1. The number of methoxy groups -OCH3 is 1. The van der Waals surface area contributed by atoms with Crippen LogP contribution in [0, 0.1) is 11.8 Å². The molecule has 0 spiro atoms. The highest BCUT2D eigenvalue weighted by Gasteiger charge is 2.40. The lowest BCUT2D eigenvalue weighted by Gasteiger charge is -2.27. The molecule has 0 saturated heterocycles. The van der Waals surface area contributed by atoms with E-state index in [2.05, 4.69) is 42.7 Å². The van der Waals surface area contributed by atoms with Gasteiger partial charge in [0, 0.05) is 16.7 Å². The number of ether oxygens (including phenoxy) is 1. The van der Waals surface area contributed by atoms with E-state index in [4.69, 9.17) is 4.74 Å². The molecule has 0 atom stereocenters. The first-order chi connectivity index (χ1) is 15.6. The van der Waals surface area contributed by atoms with E-state index in [-0.39, 0.29) is 5.41 Å². The van der Waals surface area contributed by atoms with Crippen LogP contribution in [0.3, 0.4) is 0 Å². The third-order valence-electron chi connectivity index (χ3n) is 5.74. The van der Waals surface area contributed by atoms with Crippen molar-refractivity contribution in [3.8, 4) is 17.6 Å². The molecule has 4 aromatic carbocycles. The third kappa shape index (κ3) is 4.41. The van der Waals surface area contributed by atoms with Crippen LogP contribution in [0.2, 0.25) is 6.55 Å². The minimum absolute atomic E-state index is 0.199. The summed E-state index contributed by atoms with van der Waals surface area (Å²) in [5.74, 6) is 7.14. The fraction of sp³-hybridized carbons (Fsp3) is 0.0690. The molecule has 0 aliphatic heterocycles. The van der Waals surface area contributed by atoms with Gasteiger partial charge in [0.05, 0.1) is 7.11 Å². The summed E-state index contributed by atoms with van der Waals surface area (Å²) >= 11 is 0. The van der Waals surface area contributed by atoms with Crippen LogP contribution in [0.4, 0.5) is 0 Å². The van der Waals surface area contributed by atoms with Gasteiger partial charge in [-0.3, -0.25) is 4.79 Å². The Labute approximate surface area is 190 Å². The highest BCUT2D eigenvalue weighted by molar-refractivity contribution is 7.23. The minimum atomic E-state index is -2.63. The minimum Gasteiger partial charge on any atom is -0.497 e. The number of carbonyl (C=O) groups excluding carboxylic acids is 1. The van der Waals surface area contributed by atoms with Gasteiger partial charge in [-0.05, 0) is 46.8 Å². The van der Waals surface area contributed by atoms with Gasteiger partial charge in [-0.2, -0.15) is 0 Å². The second-order valence-corrected chi connectivity index (χ2v) is 11.6. The van der Waals surface area contributed by atoms with Crippen molar-refractivity contribution in [1.82, 2.24) is 0 Å². The molecule has 0 aromatic heterocycles. The molecule has 0 aliphatic rings. The van der Waals surface area contributed by atoms with E-state index in [9.17, 15) is 4.79 Å². The van der Waals surface area contributed by atoms with Gasteiger partial charge in [0.25, 0.3) is 0 Å². The normalized spacial score (nSPS) is 10.7. The Morgan fingerprint density at radius 3 is 1.53 bits per heavy atom. The van der Waals surface area contributed by atoms with Crippen molar-refractivity contribution >= 4 is 23.9 Å². The fourth-order valence-corrected chi connectivity index (χ4v) is 7.10. The van der Waals surface area contributed by atoms with Crippen LogP contribution in [0.1, 0.15) is 21.5 Å². The third-order valence-corrected chi connectivity index (χ3v) is 9.92. The predicted molar refractivity (Wildman–Crippen MR) is 134 cm³/mol. The largest absolute Gasteiger partial charge is 0.497 e. The van der Waals surface area contributed by atoms with Gasteiger partial charge < -0.3 is 4.74 Å². The Bertz CT molecular complexity index is 1210. The van der Waals surface area contributed by atoms with Gasteiger partial charge in [0.2, 0.25) is 0 Å². The molecule has 4 rings (SSSR count).